The van der Waals surface area contributed by atoms with Crippen LogP contribution in [0.3, 0.4) is 0 Å². The number of nitrogens with one attached hydrogen (secondary N) is 1. The second kappa shape index (κ2) is 8.42. The maximum atomic E-state index is 13.6. The molecule has 0 atom stereocenters. The van der Waals surface area contributed by atoms with Gasteiger partial charge in [-0.2, -0.15) is 0 Å². The molecule has 1 aliphatic rings. The molecule has 2 N–H and O–H groups in total. The minimum Gasteiger partial charge on any atom is -0.478 e. The second-order valence-corrected chi connectivity index (χ2v) is 10.3. The van der Waals surface area contributed by atoms with Gasteiger partial charge in [0.25, 0.3) is 10.0 Å². The van der Waals surface area contributed by atoms with Gasteiger partial charge in [-0.1, -0.05) is 24.3 Å². The molecule has 2 aromatic carbocycles. The number of aromatic nitrogens is 2. The van der Waals surface area contributed by atoms with E-state index >= 15 is 0 Å². The van der Waals surface area contributed by atoms with Gasteiger partial charge >= 0.3 is 5.97 Å². The number of pyridine rings is 1. The van der Waals surface area contributed by atoms with Crippen LogP contribution in [0.1, 0.15) is 34.7 Å². The maximum Gasteiger partial charge on any atom is 0.335 e. The summed E-state index contributed by atoms with van der Waals surface area (Å²) in [5, 5.41) is 9.42. The van der Waals surface area contributed by atoms with Crippen molar-refractivity contribution in [3.05, 3.63) is 84.2 Å². The van der Waals surface area contributed by atoms with Gasteiger partial charge in [0.15, 0.2) is 0 Å². The van der Waals surface area contributed by atoms with Gasteiger partial charge in [-0.05, 0) is 77.8 Å². The fourth-order valence-electron chi connectivity index (χ4n) is 3.72. The van der Waals surface area contributed by atoms with Crippen LogP contribution >= 0.6 is 11.5 Å². The summed E-state index contributed by atoms with van der Waals surface area (Å²) in [5.74, 6) is -1.05. The monoisotopic (exact) mass is 477 g/mol. The summed E-state index contributed by atoms with van der Waals surface area (Å²) in [6.07, 6.45) is 5.10. The highest BCUT2D eigenvalue weighted by molar-refractivity contribution is 7.92. The molecule has 4 aromatic rings. The molecule has 0 saturated heterocycles. The molecule has 0 radical (unpaired) electrons. The van der Waals surface area contributed by atoms with E-state index in [2.05, 4.69) is 14.1 Å². The Morgan fingerprint density at radius 3 is 2.55 bits per heavy atom. The third-order valence-corrected chi connectivity index (χ3v) is 7.71. The van der Waals surface area contributed by atoms with Gasteiger partial charge < -0.3 is 5.11 Å². The third kappa shape index (κ3) is 4.37. The van der Waals surface area contributed by atoms with Crippen LogP contribution in [-0.4, -0.2) is 28.9 Å². The summed E-state index contributed by atoms with van der Waals surface area (Å²) >= 11 is 1.31. The molecule has 1 saturated carbocycles. The van der Waals surface area contributed by atoms with Gasteiger partial charge in [-0.3, -0.25) is 9.71 Å². The lowest BCUT2D eigenvalue weighted by atomic mass is 10.1. The zero-order chi connectivity index (χ0) is 23.0. The van der Waals surface area contributed by atoms with E-state index in [1.807, 2.05) is 24.3 Å². The number of carbonyl (C=O) groups is 1. The molecular formula is C24H19N3O4S2. The SMILES string of the molecule is O=C(O)c1ccc(C2CC2)c(S(=O)(=O)Nc2cc(-c3ccns3)ccc2-c2ccccn2)c1. The van der Waals surface area contributed by atoms with Crippen LogP contribution in [0, 0.1) is 0 Å². The molecule has 9 heteroatoms. The van der Waals surface area contributed by atoms with Gasteiger partial charge in [-0.15, -0.1) is 0 Å². The van der Waals surface area contributed by atoms with Crippen LogP contribution in [0.25, 0.3) is 21.7 Å². The van der Waals surface area contributed by atoms with E-state index in [0.29, 0.717) is 22.5 Å². The number of anilines is 1. The van der Waals surface area contributed by atoms with Gasteiger partial charge in [0.1, 0.15) is 0 Å². The standard InChI is InChI=1S/C24H19N3O4S2/c28-24(29)17-7-8-18(15-4-5-15)23(14-17)33(30,31)27-21-13-16(22-10-12-26-32-22)6-9-19(21)20-3-1-2-11-25-20/h1-3,6-15,27H,4-5H2,(H,28,29). The van der Waals surface area contributed by atoms with Crippen molar-refractivity contribution in [3.63, 3.8) is 0 Å². The summed E-state index contributed by atoms with van der Waals surface area (Å²) in [6.45, 7) is 0. The number of hydrogen-bond acceptors (Lipinski definition) is 6. The van der Waals surface area contributed by atoms with Crippen LogP contribution in [0.2, 0.25) is 0 Å². The van der Waals surface area contributed by atoms with Crippen LogP contribution in [0.5, 0.6) is 0 Å². The minimum atomic E-state index is -4.07. The predicted octanol–water partition coefficient (Wildman–Crippen LogP) is 5.25. The highest BCUT2D eigenvalue weighted by atomic mass is 32.2. The van der Waals surface area contributed by atoms with E-state index in [1.54, 1.807) is 36.7 Å². The second-order valence-electron chi connectivity index (χ2n) is 7.79. The zero-order valence-electron chi connectivity index (χ0n) is 17.3. The first-order valence-corrected chi connectivity index (χ1v) is 12.5. The van der Waals surface area contributed by atoms with Crippen molar-refractivity contribution in [1.82, 2.24) is 9.36 Å². The summed E-state index contributed by atoms with van der Waals surface area (Å²) in [7, 11) is -4.07. The smallest absolute Gasteiger partial charge is 0.335 e. The fourth-order valence-corrected chi connectivity index (χ4v) is 5.71. The average Bonchev–Trinajstić information content (AvgIpc) is 3.52. The first-order valence-electron chi connectivity index (χ1n) is 10.3. The highest BCUT2D eigenvalue weighted by Crippen LogP contribution is 2.44. The quantitative estimate of drug-likeness (QED) is 0.376. The Labute approximate surface area is 195 Å². The van der Waals surface area contributed by atoms with Crippen molar-refractivity contribution in [2.75, 3.05) is 4.72 Å². The molecule has 7 nitrogen and oxygen atoms in total. The molecule has 1 fully saturated rings. The van der Waals surface area contributed by atoms with Crippen LogP contribution in [-0.2, 0) is 10.0 Å². The molecule has 1 aliphatic carbocycles. The van der Waals surface area contributed by atoms with Gasteiger partial charge in [0.05, 0.1) is 26.7 Å². The fraction of sp³-hybridized carbons (Fsp3) is 0.125. The van der Waals surface area contributed by atoms with E-state index in [-0.39, 0.29) is 16.4 Å². The number of nitrogens with zero attached hydrogens (tertiary/aromatic N) is 2. The van der Waals surface area contributed by atoms with Crippen molar-refractivity contribution in [3.8, 4) is 21.7 Å². The molecule has 0 spiro atoms. The number of hydrogen-bond donors (Lipinski definition) is 2. The first kappa shape index (κ1) is 21.3. The van der Waals surface area contributed by atoms with Crippen LogP contribution in [0.15, 0.2) is 78.0 Å². The summed E-state index contributed by atoms with van der Waals surface area (Å²) in [5.41, 5.74) is 3.00. The Kier molecular flexibility index (Phi) is 5.43. The lowest BCUT2D eigenvalue weighted by Gasteiger charge is -2.16. The molecule has 2 heterocycles. The number of carboxylic acid groups (broad SMARTS) is 1. The van der Waals surface area contributed by atoms with Crippen molar-refractivity contribution in [2.24, 2.45) is 0 Å². The summed E-state index contributed by atoms with van der Waals surface area (Å²) in [6, 6.07) is 17.1. The van der Waals surface area contributed by atoms with Crippen LogP contribution < -0.4 is 4.72 Å². The first-order chi connectivity index (χ1) is 15.9. The zero-order valence-corrected chi connectivity index (χ0v) is 18.9. The van der Waals surface area contributed by atoms with E-state index in [1.165, 1.54) is 23.7 Å². The Hall–Kier alpha value is -3.56. The number of aromatic carboxylic acids is 1. The number of rotatable bonds is 7. The Balaban J connectivity index is 1.63. The molecule has 2 aromatic heterocycles. The minimum absolute atomic E-state index is 0.0000594. The normalized spacial score (nSPS) is 13.6. The van der Waals surface area contributed by atoms with Crippen molar-refractivity contribution in [2.45, 2.75) is 23.7 Å². The molecule has 0 amide bonds. The highest BCUT2D eigenvalue weighted by Gasteiger charge is 2.31. The number of carboxylic acids is 1. The third-order valence-electron chi connectivity index (χ3n) is 5.49. The van der Waals surface area contributed by atoms with Crippen molar-refractivity contribution in [1.29, 1.82) is 0 Å². The number of sulfonamides is 1. The molecule has 0 unspecified atom stereocenters. The van der Waals surface area contributed by atoms with E-state index in [9.17, 15) is 18.3 Å². The molecule has 33 heavy (non-hydrogen) atoms. The summed E-state index contributed by atoms with van der Waals surface area (Å²) < 4.78 is 34.0. The van der Waals surface area contributed by atoms with E-state index in [0.717, 1.165) is 23.3 Å². The summed E-state index contributed by atoms with van der Waals surface area (Å²) in [4.78, 5) is 16.8. The van der Waals surface area contributed by atoms with E-state index < -0.39 is 16.0 Å². The molecule has 0 bridgehead atoms. The molecule has 5 rings (SSSR count). The van der Waals surface area contributed by atoms with Crippen molar-refractivity contribution < 1.29 is 18.3 Å². The maximum absolute atomic E-state index is 13.6. The van der Waals surface area contributed by atoms with Crippen LogP contribution in [0.4, 0.5) is 5.69 Å². The molecule has 166 valence electrons. The lowest BCUT2D eigenvalue weighted by Crippen LogP contribution is -2.16. The Morgan fingerprint density at radius 1 is 1.03 bits per heavy atom. The molecule has 0 aliphatic heterocycles. The number of benzene rings is 2. The molecular weight excluding hydrogens is 458 g/mol. The van der Waals surface area contributed by atoms with E-state index in [4.69, 9.17) is 0 Å². The lowest BCUT2D eigenvalue weighted by molar-refractivity contribution is 0.0696. The largest absolute Gasteiger partial charge is 0.478 e. The van der Waals surface area contributed by atoms with Crippen molar-refractivity contribution >= 4 is 33.2 Å². The van der Waals surface area contributed by atoms with Gasteiger partial charge in [0, 0.05) is 18.0 Å². The van der Waals surface area contributed by atoms with Gasteiger partial charge in [0.2, 0.25) is 0 Å². The topological polar surface area (TPSA) is 109 Å². The average molecular weight is 478 g/mol. The predicted molar refractivity (Wildman–Crippen MR) is 127 cm³/mol. The van der Waals surface area contributed by atoms with Gasteiger partial charge in [-0.25, -0.2) is 17.6 Å². The Morgan fingerprint density at radius 2 is 1.88 bits per heavy atom. The Bertz CT molecular complexity index is 1430.